The van der Waals surface area contributed by atoms with Gasteiger partial charge in [0.15, 0.2) is 0 Å². The molecule has 0 spiro atoms. The van der Waals surface area contributed by atoms with E-state index >= 15 is 0 Å². The van der Waals surface area contributed by atoms with E-state index in [2.05, 4.69) is 10.2 Å². The molecular weight excluding hydrogens is 361 g/mol. The summed E-state index contributed by atoms with van der Waals surface area (Å²) >= 11 is 0. The van der Waals surface area contributed by atoms with Crippen LogP contribution in [0.2, 0.25) is 0 Å². The van der Waals surface area contributed by atoms with Gasteiger partial charge >= 0.3 is 0 Å². The Bertz CT molecular complexity index is 883. The van der Waals surface area contributed by atoms with Crippen LogP contribution >= 0.6 is 0 Å². The van der Waals surface area contributed by atoms with Gasteiger partial charge in [0.1, 0.15) is 5.82 Å². The number of nitrogens with one attached hydrogen (secondary N) is 1. The van der Waals surface area contributed by atoms with Crippen molar-refractivity contribution in [2.75, 3.05) is 48.0 Å². The van der Waals surface area contributed by atoms with Crippen LogP contribution in [-0.2, 0) is 14.3 Å². The SMILES string of the molecule is O=C(Nc1ccccc1N1CCOCC1)C1CC(=O)N(c2cccc(F)c2)C1. The number of hydrogen-bond acceptors (Lipinski definition) is 4. The molecule has 2 aliphatic rings. The topological polar surface area (TPSA) is 61.9 Å². The molecule has 4 rings (SSSR count). The Balaban J connectivity index is 1.47. The van der Waals surface area contributed by atoms with Gasteiger partial charge in [-0.3, -0.25) is 9.59 Å². The van der Waals surface area contributed by atoms with E-state index in [-0.39, 0.29) is 24.8 Å². The Morgan fingerprint density at radius 1 is 1.11 bits per heavy atom. The van der Waals surface area contributed by atoms with Gasteiger partial charge in [-0.25, -0.2) is 4.39 Å². The zero-order valence-electron chi connectivity index (χ0n) is 15.4. The van der Waals surface area contributed by atoms with Gasteiger partial charge in [0, 0.05) is 31.7 Å². The van der Waals surface area contributed by atoms with Crippen LogP contribution in [0.5, 0.6) is 0 Å². The van der Waals surface area contributed by atoms with E-state index in [1.807, 2.05) is 24.3 Å². The average Bonchev–Trinajstić information content (AvgIpc) is 3.11. The third kappa shape index (κ3) is 3.84. The van der Waals surface area contributed by atoms with Crippen LogP contribution < -0.4 is 15.1 Å². The first kappa shape index (κ1) is 18.4. The lowest BCUT2D eigenvalue weighted by Gasteiger charge is -2.30. The van der Waals surface area contributed by atoms with E-state index < -0.39 is 11.7 Å². The van der Waals surface area contributed by atoms with Crippen molar-refractivity contribution in [2.45, 2.75) is 6.42 Å². The van der Waals surface area contributed by atoms with Crippen LogP contribution in [0.4, 0.5) is 21.5 Å². The van der Waals surface area contributed by atoms with E-state index in [1.165, 1.54) is 17.0 Å². The minimum Gasteiger partial charge on any atom is -0.378 e. The number of nitrogens with zero attached hydrogens (tertiary/aromatic N) is 2. The van der Waals surface area contributed by atoms with Crippen LogP contribution in [0.15, 0.2) is 48.5 Å². The maximum atomic E-state index is 13.5. The number of halogens is 1. The van der Waals surface area contributed by atoms with Crippen molar-refractivity contribution in [1.82, 2.24) is 0 Å². The lowest BCUT2D eigenvalue weighted by Crippen LogP contribution is -2.37. The molecule has 0 aliphatic carbocycles. The Morgan fingerprint density at radius 3 is 2.68 bits per heavy atom. The highest BCUT2D eigenvalue weighted by Crippen LogP contribution is 2.30. The Morgan fingerprint density at radius 2 is 1.89 bits per heavy atom. The van der Waals surface area contributed by atoms with Gasteiger partial charge in [-0.2, -0.15) is 0 Å². The summed E-state index contributed by atoms with van der Waals surface area (Å²) < 4.78 is 18.9. The number of rotatable bonds is 4. The zero-order valence-corrected chi connectivity index (χ0v) is 15.4. The van der Waals surface area contributed by atoms with Crippen molar-refractivity contribution in [1.29, 1.82) is 0 Å². The lowest BCUT2D eigenvalue weighted by atomic mass is 10.1. The Hall–Kier alpha value is -2.93. The van der Waals surface area contributed by atoms with E-state index in [0.717, 1.165) is 24.5 Å². The molecule has 7 heteroatoms. The second-order valence-electron chi connectivity index (χ2n) is 6.99. The van der Waals surface area contributed by atoms with E-state index in [9.17, 15) is 14.0 Å². The van der Waals surface area contributed by atoms with Crippen molar-refractivity contribution >= 4 is 28.9 Å². The van der Waals surface area contributed by atoms with Crippen molar-refractivity contribution in [3.63, 3.8) is 0 Å². The van der Waals surface area contributed by atoms with Gasteiger partial charge in [-0.15, -0.1) is 0 Å². The number of ether oxygens (including phenoxy) is 1. The molecule has 2 fully saturated rings. The number of anilines is 3. The van der Waals surface area contributed by atoms with Gasteiger partial charge in [0.05, 0.1) is 30.5 Å². The lowest BCUT2D eigenvalue weighted by molar-refractivity contribution is -0.122. The number of para-hydroxylation sites is 2. The molecule has 6 nitrogen and oxygen atoms in total. The van der Waals surface area contributed by atoms with E-state index in [4.69, 9.17) is 4.74 Å². The fourth-order valence-corrected chi connectivity index (χ4v) is 3.67. The first-order chi connectivity index (χ1) is 13.6. The van der Waals surface area contributed by atoms with Crippen molar-refractivity contribution in [3.05, 3.63) is 54.3 Å². The van der Waals surface area contributed by atoms with Crippen molar-refractivity contribution in [2.24, 2.45) is 5.92 Å². The van der Waals surface area contributed by atoms with Crippen LogP contribution in [0.25, 0.3) is 0 Å². The maximum Gasteiger partial charge on any atom is 0.229 e. The quantitative estimate of drug-likeness (QED) is 0.882. The van der Waals surface area contributed by atoms with Crippen LogP contribution in [0, 0.1) is 11.7 Å². The van der Waals surface area contributed by atoms with Gasteiger partial charge in [0.25, 0.3) is 0 Å². The van der Waals surface area contributed by atoms with Crippen LogP contribution in [0.3, 0.4) is 0 Å². The summed E-state index contributed by atoms with van der Waals surface area (Å²) in [5.74, 6) is -1.26. The van der Waals surface area contributed by atoms with E-state index in [0.29, 0.717) is 18.9 Å². The predicted molar refractivity (Wildman–Crippen MR) is 105 cm³/mol. The minimum absolute atomic E-state index is 0.113. The Kier molecular flexibility index (Phi) is 5.25. The highest BCUT2D eigenvalue weighted by atomic mass is 19.1. The summed E-state index contributed by atoms with van der Waals surface area (Å²) in [7, 11) is 0. The first-order valence-electron chi connectivity index (χ1n) is 9.40. The van der Waals surface area contributed by atoms with Crippen molar-refractivity contribution < 1.29 is 18.7 Å². The molecule has 0 aromatic heterocycles. The second-order valence-corrected chi connectivity index (χ2v) is 6.99. The van der Waals surface area contributed by atoms with Gasteiger partial charge in [-0.05, 0) is 30.3 Å². The van der Waals surface area contributed by atoms with Gasteiger partial charge in [-0.1, -0.05) is 18.2 Å². The molecular formula is C21H22FN3O3. The van der Waals surface area contributed by atoms with Gasteiger partial charge in [0.2, 0.25) is 11.8 Å². The summed E-state index contributed by atoms with van der Waals surface area (Å²) in [6, 6.07) is 13.5. The molecule has 2 aromatic carbocycles. The van der Waals surface area contributed by atoms with Gasteiger partial charge < -0.3 is 19.9 Å². The number of hydrogen-bond donors (Lipinski definition) is 1. The fraction of sp³-hybridized carbons (Fsp3) is 0.333. The third-order valence-electron chi connectivity index (χ3n) is 5.13. The molecule has 2 aliphatic heterocycles. The molecule has 2 heterocycles. The summed E-state index contributed by atoms with van der Waals surface area (Å²) in [5, 5.41) is 2.98. The molecule has 2 aromatic rings. The monoisotopic (exact) mass is 383 g/mol. The molecule has 1 atom stereocenters. The zero-order chi connectivity index (χ0) is 19.5. The number of morpholine rings is 1. The molecule has 28 heavy (non-hydrogen) atoms. The number of benzene rings is 2. The van der Waals surface area contributed by atoms with Crippen LogP contribution in [0.1, 0.15) is 6.42 Å². The molecule has 2 amide bonds. The molecule has 1 N–H and O–H groups in total. The third-order valence-corrected chi connectivity index (χ3v) is 5.13. The number of carbonyl (C=O) groups is 2. The number of amides is 2. The molecule has 1 unspecified atom stereocenters. The normalized spacial score (nSPS) is 19.8. The summed E-state index contributed by atoms with van der Waals surface area (Å²) in [6.07, 6.45) is 0.113. The fourth-order valence-electron chi connectivity index (χ4n) is 3.67. The molecule has 146 valence electrons. The highest BCUT2D eigenvalue weighted by molar-refractivity contribution is 6.04. The molecule has 2 saturated heterocycles. The molecule has 0 bridgehead atoms. The van der Waals surface area contributed by atoms with Crippen molar-refractivity contribution in [3.8, 4) is 0 Å². The summed E-state index contributed by atoms with van der Waals surface area (Å²) in [6.45, 7) is 3.09. The molecule has 0 saturated carbocycles. The smallest absolute Gasteiger partial charge is 0.229 e. The van der Waals surface area contributed by atoms with Crippen LogP contribution in [-0.4, -0.2) is 44.7 Å². The number of carbonyl (C=O) groups excluding carboxylic acids is 2. The second kappa shape index (κ2) is 7.98. The summed E-state index contributed by atoms with van der Waals surface area (Å²) in [5.41, 5.74) is 2.16. The summed E-state index contributed by atoms with van der Waals surface area (Å²) in [4.78, 5) is 28.9. The molecule has 0 radical (unpaired) electrons. The predicted octanol–water partition coefficient (Wildman–Crippen LogP) is 2.65. The average molecular weight is 383 g/mol. The minimum atomic E-state index is -0.478. The largest absolute Gasteiger partial charge is 0.378 e. The first-order valence-corrected chi connectivity index (χ1v) is 9.40. The standard InChI is InChI=1S/C21H22FN3O3/c22-16-4-3-5-17(13-16)25-14-15(12-20(25)26)21(27)23-18-6-1-2-7-19(18)24-8-10-28-11-9-24/h1-7,13,15H,8-12,14H2,(H,23,27). The Labute approximate surface area is 162 Å². The van der Waals surface area contributed by atoms with E-state index in [1.54, 1.807) is 12.1 Å². The maximum absolute atomic E-state index is 13.5. The highest BCUT2D eigenvalue weighted by Gasteiger charge is 2.35.